The Kier molecular flexibility index (Phi) is 5.99. The SMILES string of the molecule is CC(C)(CCC[CH2][Sn]([CH3])([CH3])[CH3])NC(=O)O. The molecular formula is C11H25NO2Sn. The summed E-state index contributed by atoms with van der Waals surface area (Å²) in [4.78, 5) is 17.8. The summed E-state index contributed by atoms with van der Waals surface area (Å²) >= 11 is -1.59. The van der Waals surface area contributed by atoms with E-state index in [2.05, 4.69) is 20.1 Å². The maximum absolute atomic E-state index is 10.5. The summed E-state index contributed by atoms with van der Waals surface area (Å²) in [6, 6.07) is 0. The molecule has 0 aliphatic carbocycles. The van der Waals surface area contributed by atoms with E-state index < -0.39 is 24.5 Å². The van der Waals surface area contributed by atoms with Crippen LogP contribution in [0.4, 0.5) is 4.79 Å². The van der Waals surface area contributed by atoms with Crippen LogP contribution in [0.1, 0.15) is 33.1 Å². The molecule has 0 fully saturated rings. The molecule has 4 heteroatoms. The van der Waals surface area contributed by atoms with E-state index in [1.807, 2.05) is 13.8 Å². The van der Waals surface area contributed by atoms with Crippen LogP contribution in [-0.4, -0.2) is 35.1 Å². The fourth-order valence-corrected chi connectivity index (χ4v) is 5.32. The standard InChI is InChI=1S/C8H16NO2.3CH3.Sn/c1-4-5-6-8(2,3)9-7(10)11;;;;/h9H,1,4-6H2,2-3H3,(H,10,11);3*1H3;. The van der Waals surface area contributed by atoms with Gasteiger partial charge in [0, 0.05) is 0 Å². The Labute approximate surface area is 97.5 Å². The number of carbonyl (C=O) groups is 1. The van der Waals surface area contributed by atoms with Gasteiger partial charge in [0.05, 0.1) is 0 Å². The normalized spacial score (nSPS) is 12.6. The van der Waals surface area contributed by atoms with Crippen molar-refractivity contribution < 1.29 is 9.90 Å². The van der Waals surface area contributed by atoms with Crippen molar-refractivity contribution in [2.45, 2.75) is 57.9 Å². The molecule has 0 unspecified atom stereocenters. The zero-order valence-corrected chi connectivity index (χ0v) is 13.5. The van der Waals surface area contributed by atoms with Crippen LogP contribution in [0, 0.1) is 0 Å². The fourth-order valence-electron chi connectivity index (χ4n) is 1.57. The Balaban J connectivity index is 3.71. The van der Waals surface area contributed by atoms with Crippen molar-refractivity contribution in [1.29, 1.82) is 0 Å². The first-order valence-corrected chi connectivity index (χ1v) is 16.2. The number of carboxylic acid groups (broad SMARTS) is 1. The summed E-state index contributed by atoms with van der Waals surface area (Å²) in [7, 11) is 0. The molecule has 0 rings (SSSR count). The Morgan fingerprint density at radius 3 is 2.20 bits per heavy atom. The molecule has 0 aromatic heterocycles. The van der Waals surface area contributed by atoms with Crippen LogP contribution >= 0.6 is 0 Å². The molecule has 0 spiro atoms. The van der Waals surface area contributed by atoms with Gasteiger partial charge in [-0.05, 0) is 0 Å². The zero-order valence-electron chi connectivity index (χ0n) is 10.7. The topological polar surface area (TPSA) is 49.3 Å². The molecule has 0 aromatic rings. The maximum atomic E-state index is 10.5. The zero-order chi connectivity index (χ0) is 12.1. The van der Waals surface area contributed by atoms with Gasteiger partial charge in [0.2, 0.25) is 0 Å². The van der Waals surface area contributed by atoms with Crippen molar-refractivity contribution >= 4 is 24.5 Å². The molecule has 0 radical (unpaired) electrons. The molecule has 1 amide bonds. The molecule has 0 saturated heterocycles. The van der Waals surface area contributed by atoms with E-state index in [9.17, 15) is 4.79 Å². The van der Waals surface area contributed by atoms with E-state index >= 15 is 0 Å². The molecular weight excluding hydrogens is 297 g/mol. The molecule has 2 N–H and O–H groups in total. The van der Waals surface area contributed by atoms with Crippen molar-refractivity contribution in [3.05, 3.63) is 0 Å². The number of nitrogens with one attached hydrogen (secondary N) is 1. The van der Waals surface area contributed by atoms with Crippen LogP contribution in [0.2, 0.25) is 19.3 Å². The molecule has 0 aliphatic rings. The molecule has 0 aromatic carbocycles. The predicted molar refractivity (Wildman–Crippen MR) is 67.2 cm³/mol. The van der Waals surface area contributed by atoms with Crippen LogP contribution < -0.4 is 5.32 Å². The van der Waals surface area contributed by atoms with Crippen LogP contribution in [0.3, 0.4) is 0 Å². The molecule has 0 atom stereocenters. The molecule has 0 bridgehead atoms. The summed E-state index contributed by atoms with van der Waals surface area (Å²) in [6.45, 7) is 3.89. The van der Waals surface area contributed by atoms with Crippen molar-refractivity contribution in [2.24, 2.45) is 0 Å². The molecule has 0 saturated carbocycles. The summed E-state index contributed by atoms with van der Waals surface area (Å²) < 4.78 is 1.40. The molecule has 0 aliphatic heterocycles. The van der Waals surface area contributed by atoms with Gasteiger partial charge in [0.15, 0.2) is 0 Å². The first-order valence-electron chi connectivity index (χ1n) is 5.63. The average molecular weight is 322 g/mol. The second-order valence-electron chi connectivity index (χ2n) is 6.08. The number of hydrogen-bond acceptors (Lipinski definition) is 1. The van der Waals surface area contributed by atoms with Crippen LogP contribution in [-0.2, 0) is 0 Å². The van der Waals surface area contributed by atoms with Crippen molar-refractivity contribution in [2.75, 3.05) is 0 Å². The van der Waals surface area contributed by atoms with Crippen molar-refractivity contribution in [1.82, 2.24) is 5.32 Å². The predicted octanol–water partition coefficient (Wildman–Crippen LogP) is 3.54. The van der Waals surface area contributed by atoms with E-state index in [0.29, 0.717) is 0 Å². The van der Waals surface area contributed by atoms with Crippen LogP contribution in [0.25, 0.3) is 0 Å². The quantitative estimate of drug-likeness (QED) is 0.580. The first kappa shape index (κ1) is 15.1. The van der Waals surface area contributed by atoms with Crippen molar-refractivity contribution in [3.63, 3.8) is 0 Å². The number of hydrogen-bond donors (Lipinski definition) is 2. The van der Waals surface area contributed by atoms with Gasteiger partial charge < -0.3 is 0 Å². The molecule has 0 heterocycles. The Morgan fingerprint density at radius 1 is 1.27 bits per heavy atom. The van der Waals surface area contributed by atoms with Gasteiger partial charge in [-0.25, -0.2) is 0 Å². The average Bonchev–Trinajstić information content (AvgIpc) is 1.93. The van der Waals surface area contributed by atoms with Gasteiger partial charge >= 0.3 is 97.6 Å². The molecule has 15 heavy (non-hydrogen) atoms. The van der Waals surface area contributed by atoms with Gasteiger partial charge in [-0.3, -0.25) is 0 Å². The minimum atomic E-state index is -1.59. The van der Waals surface area contributed by atoms with E-state index in [1.165, 1.54) is 10.9 Å². The first-order chi connectivity index (χ1) is 6.62. The van der Waals surface area contributed by atoms with Gasteiger partial charge in [-0.2, -0.15) is 0 Å². The third kappa shape index (κ3) is 10.4. The third-order valence-corrected chi connectivity index (χ3v) is 7.71. The van der Waals surface area contributed by atoms with Gasteiger partial charge in [0.1, 0.15) is 0 Å². The second-order valence-corrected chi connectivity index (χ2v) is 22.1. The monoisotopic (exact) mass is 323 g/mol. The number of unbranched alkanes of at least 4 members (excludes halogenated alkanes) is 1. The summed E-state index contributed by atoms with van der Waals surface area (Å²) in [6.07, 6.45) is 2.39. The van der Waals surface area contributed by atoms with E-state index in [-0.39, 0.29) is 5.54 Å². The minimum absolute atomic E-state index is 0.279. The Hall–Kier alpha value is 0.0687. The third-order valence-electron chi connectivity index (χ3n) is 2.42. The summed E-state index contributed by atoms with van der Waals surface area (Å²) in [5, 5.41) is 11.2. The number of amides is 1. The van der Waals surface area contributed by atoms with Crippen LogP contribution in [0.15, 0.2) is 0 Å². The number of rotatable bonds is 6. The van der Waals surface area contributed by atoms with E-state index in [1.54, 1.807) is 0 Å². The Morgan fingerprint density at radius 2 is 1.80 bits per heavy atom. The summed E-state index contributed by atoms with van der Waals surface area (Å²) in [5.41, 5.74) is -0.279. The Bertz CT molecular complexity index is 209. The van der Waals surface area contributed by atoms with Gasteiger partial charge in [0.25, 0.3) is 0 Å². The van der Waals surface area contributed by atoms with E-state index in [4.69, 9.17) is 5.11 Å². The molecule has 3 nitrogen and oxygen atoms in total. The summed E-state index contributed by atoms with van der Waals surface area (Å²) in [5.74, 6) is 0. The molecule has 90 valence electrons. The second kappa shape index (κ2) is 5.97. The van der Waals surface area contributed by atoms with E-state index in [0.717, 1.165) is 12.8 Å². The van der Waals surface area contributed by atoms with Gasteiger partial charge in [-0.1, -0.05) is 0 Å². The van der Waals surface area contributed by atoms with Crippen LogP contribution in [0.5, 0.6) is 0 Å². The van der Waals surface area contributed by atoms with Crippen molar-refractivity contribution in [3.8, 4) is 0 Å². The fraction of sp³-hybridized carbons (Fsp3) is 0.909. The van der Waals surface area contributed by atoms with Gasteiger partial charge in [-0.15, -0.1) is 0 Å².